The van der Waals surface area contributed by atoms with Gasteiger partial charge in [0.1, 0.15) is 12.4 Å². The molecule has 14 heavy (non-hydrogen) atoms. The fourth-order valence-corrected chi connectivity index (χ4v) is 1.72. The zero-order chi connectivity index (χ0) is 10.0. The Morgan fingerprint density at radius 1 is 1.36 bits per heavy atom. The van der Waals surface area contributed by atoms with Crippen molar-refractivity contribution in [3.63, 3.8) is 0 Å². The van der Waals surface area contributed by atoms with Crippen molar-refractivity contribution in [3.05, 3.63) is 29.8 Å². The summed E-state index contributed by atoms with van der Waals surface area (Å²) in [5.74, 6) is 0.962. The Morgan fingerprint density at radius 2 is 2.07 bits per heavy atom. The lowest BCUT2D eigenvalue weighted by molar-refractivity contribution is 0.141. The van der Waals surface area contributed by atoms with Crippen LogP contribution in [0, 0.1) is 6.92 Å². The third kappa shape index (κ3) is 1.90. The molecule has 0 spiro atoms. The molecule has 0 unspecified atom stereocenters. The molecule has 1 aromatic rings. The van der Waals surface area contributed by atoms with Gasteiger partial charge in [-0.1, -0.05) is 18.2 Å². The van der Waals surface area contributed by atoms with E-state index in [-0.39, 0.29) is 5.54 Å². The van der Waals surface area contributed by atoms with Crippen LogP contribution in [0.4, 0.5) is 0 Å². The van der Waals surface area contributed by atoms with E-state index in [0.717, 1.165) is 18.6 Å². The van der Waals surface area contributed by atoms with Crippen molar-refractivity contribution in [1.82, 2.24) is 0 Å². The number of ether oxygens (including phenoxy) is 1. The first-order valence-electron chi connectivity index (χ1n) is 5.17. The summed E-state index contributed by atoms with van der Waals surface area (Å²) in [6, 6.07) is 8.06. The topological polar surface area (TPSA) is 35.2 Å². The van der Waals surface area contributed by atoms with E-state index in [2.05, 4.69) is 13.0 Å². The molecule has 1 aliphatic rings. The summed E-state index contributed by atoms with van der Waals surface area (Å²) in [6.45, 7) is 2.71. The van der Waals surface area contributed by atoms with Gasteiger partial charge in [-0.15, -0.1) is 0 Å². The van der Waals surface area contributed by atoms with Gasteiger partial charge in [-0.3, -0.25) is 0 Å². The minimum absolute atomic E-state index is 0.0533. The SMILES string of the molecule is Cc1ccccc1OCC1(N)CCC1. The number of nitrogens with two attached hydrogens (primary N) is 1. The molecule has 1 fully saturated rings. The van der Waals surface area contributed by atoms with E-state index >= 15 is 0 Å². The average molecular weight is 191 g/mol. The Bertz CT molecular complexity index is 318. The van der Waals surface area contributed by atoms with Crippen LogP contribution in [0.5, 0.6) is 5.75 Å². The fourth-order valence-electron chi connectivity index (χ4n) is 1.72. The number of hydrogen-bond acceptors (Lipinski definition) is 2. The van der Waals surface area contributed by atoms with Gasteiger partial charge >= 0.3 is 0 Å². The first kappa shape index (κ1) is 9.53. The van der Waals surface area contributed by atoms with E-state index in [1.54, 1.807) is 0 Å². The average Bonchev–Trinajstić information content (AvgIpc) is 2.14. The van der Waals surface area contributed by atoms with Crippen LogP contribution in [0.1, 0.15) is 24.8 Å². The molecule has 2 nitrogen and oxygen atoms in total. The lowest BCUT2D eigenvalue weighted by atomic mass is 9.78. The quantitative estimate of drug-likeness (QED) is 0.795. The van der Waals surface area contributed by atoms with Crippen LogP contribution in [0.15, 0.2) is 24.3 Å². The van der Waals surface area contributed by atoms with Gasteiger partial charge in [-0.25, -0.2) is 0 Å². The monoisotopic (exact) mass is 191 g/mol. The second-order valence-corrected chi connectivity index (χ2v) is 4.27. The van der Waals surface area contributed by atoms with Crippen LogP contribution < -0.4 is 10.5 Å². The molecular formula is C12H17NO. The van der Waals surface area contributed by atoms with Crippen LogP contribution in [-0.4, -0.2) is 12.1 Å². The van der Waals surface area contributed by atoms with Crippen LogP contribution in [0.3, 0.4) is 0 Å². The highest BCUT2D eigenvalue weighted by Gasteiger charge is 2.33. The largest absolute Gasteiger partial charge is 0.491 e. The maximum Gasteiger partial charge on any atom is 0.122 e. The summed E-state index contributed by atoms with van der Waals surface area (Å²) in [7, 11) is 0. The normalized spacial score (nSPS) is 18.7. The maximum absolute atomic E-state index is 6.08. The number of rotatable bonds is 3. The van der Waals surface area contributed by atoms with Crippen LogP contribution in [0.2, 0.25) is 0 Å². The second-order valence-electron chi connectivity index (χ2n) is 4.27. The van der Waals surface area contributed by atoms with Crippen LogP contribution in [0.25, 0.3) is 0 Å². The third-order valence-electron chi connectivity index (χ3n) is 2.96. The maximum atomic E-state index is 6.08. The molecule has 0 amide bonds. The summed E-state index contributed by atoms with van der Waals surface area (Å²) in [4.78, 5) is 0. The molecule has 2 N–H and O–H groups in total. The smallest absolute Gasteiger partial charge is 0.122 e. The Kier molecular flexibility index (Phi) is 2.46. The van der Waals surface area contributed by atoms with E-state index in [1.165, 1.54) is 12.0 Å². The summed E-state index contributed by atoms with van der Waals surface area (Å²) >= 11 is 0. The van der Waals surface area contributed by atoms with Gasteiger partial charge in [0.15, 0.2) is 0 Å². The zero-order valence-electron chi connectivity index (χ0n) is 8.62. The minimum Gasteiger partial charge on any atom is -0.491 e. The van der Waals surface area contributed by atoms with E-state index in [4.69, 9.17) is 10.5 Å². The molecule has 0 atom stereocenters. The van der Waals surface area contributed by atoms with Crippen molar-refractivity contribution < 1.29 is 4.74 Å². The van der Waals surface area contributed by atoms with E-state index in [1.807, 2.05) is 18.2 Å². The molecule has 1 saturated carbocycles. The minimum atomic E-state index is -0.0533. The number of hydrogen-bond donors (Lipinski definition) is 1. The lowest BCUT2D eigenvalue weighted by Crippen LogP contribution is -2.51. The number of benzene rings is 1. The van der Waals surface area contributed by atoms with Crippen molar-refractivity contribution in [3.8, 4) is 5.75 Å². The third-order valence-corrected chi connectivity index (χ3v) is 2.96. The molecule has 0 heterocycles. The standard InChI is InChI=1S/C12H17NO/c1-10-5-2-3-6-11(10)14-9-12(13)7-4-8-12/h2-3,5-6H,4,7-9,13H2,1H3. The van der Waals surface area contributed by atoms with Crippen LogP contribution in [-0.2, 0) is 0 Å². The predicted molar refractivity (Wildman–Crippen MR) is 57.4 cm³/mol. The van der Waals surface area contributed by atoms with Crippen molar-refractivity contribution in [2.75, 3.05) is 6.61 Å². The molecule has 0 aliphatic heterocycles. The van der Waals surface area contributed by atoms with Gasteiger partial charge in [0.2, 0.25) is 0 Å². The molecule has 0 radical (unpaired) electrons. The summed E-state index contributed by atoms with van der Waals surface area (Å²) < 4.78 is 5.72. The predicted octanol–water partition coefficient (Wildman–Crippen LogP) is 2.26. The Hall–Kier alpha value is -1.02. The Morgan fingerprint density at radius 3 is 2.64 bits per heavy atom. The molecule has 2 rings (SSSR count). The van der Waals surface area contributed by atoms with Gasteiger partial charge in [-0.05, 0) is 37.8 Å². The molecular weight excluding hydrogens is 174 g/mol. The molecule has 0 bridgehead atoms. The first-order valence-corrected chi connectivity index (χ1v) is 5.17. The highest BCUT2D eigenvalue weighted by Crippen LogP contribution is 2.30. The molecule has 0 aromatic heterocycles. The zero-order valence-corrected chi connectivity index (χ0v) is 8.62. The van der Waals surface area contributed by atoms with Crippen molar-refractivity contribution >= 4 is 0 Å². The van der Waals surface area contributed by atoms with Gasteiger partial charge in [0.05, 0.1) is 5.54 Å². The van der Waals surface area contributed by atoms with Crippen molar-refractivity contribution in [2.45, 2.75) is 31.7 Å². The Labute approximate surface area is 85.1 Å². The highest BCUT2D eigenvalue weighted by atomic mass is 16.5. The van der Waals surface area contributed by atoms with Crippen molar-refractivity contribution in [1.29, 1.82) is 0 Å². The van der Waals surface area contributed by atoms with Crippen molar-refractivity contribution in [2.24, 2.45) is 5.73 Å². The fraction of sp³-hybridized carbons (Fsp3) is 0.500. The summed E-state index contributed by atoms with van der Waals surface area (Å²) in [5.41, 5.74) is 7.20. The lowest BCUT2D eigenvalue weighted by Gasteiger charge is -2.37. The highest BCUT2D eigenvalue weighted by molar-refractivity contribution is 5.31. The van der Waals surface area contributed by atoms with Gasteiger partial charge in [0, 0.05) is 0 Å². The number of para-hydroxylation sites is 1. The summed E-state index contributed by atoms with van der Waals surface area (Å²) in [6.07, 6.45) is 3.44. The first-order chi connectivity index (χ1) is 6.70. The molecule has 1 aromatic carbocycles. The van der Waals surface area contributed by atoms with Gasteiger partial charge in [-0.2, -0.15) is 0 Å². The molecule has 1 aliphatic carbocycles. The van der Waals surface area contributed by atoms with Gasteiger partial charge in [0.25, 0.3) is 0 Å². The second kappa shape index (κ2) is 3.62. The Balaban J connectivity index is 1.95. The molecule has 0 saturated heterocycles. The number of aryl methyl sites for hydroxylation is 1. The molecule has 76 valence electrons. The van der Waals surface area contributed by atoms with Gasteiger partial charge < -0.3 is 10.5 Å². The van der Waals surface area contributed by atoms with Crippen LogP contribution >= 0.6 is 0 Å². The molecule has 2 heteroatoms. The van der Waals surface area contributed by atoms with E-state index in [0.29, 0.717) is 6.61 Å². The van der Waals surface area contributed by atoms with E-state index < -0.39 is 0 Å². The van der Waals surface area contributed by atoms with E-state index in [9.17, 15) is 0 Å². The summed E-state index contributed by atoms with van der Waals surface area (Å²) in [5, 5.41) is 0.